The molecule has 0 nitrogen and oxygen atoms in total. The summed E-state index contributed by atoms with van der Waals surface area (Å²) in [5.74, 6) is 0.847. The Kier molecular flexibility index (Phi) is 20.1. The molecule has 0 bridgehead atoms. The summed E-state index contributed by atoms with van der Waals surface area (Å²) < 4.78 is 0. The van der Waals surface area contributed by atoms with E-state index in [4.69, 9.17) is 0 Å². The van der Waals surface area contributed by atoms with Gasteiger partial charge in [-0.3, -0.25) is 0 Å². The lowest BCUT2D eigenvalue weighted by Gasteiger charge is -2.11. The lowest BCUT2D eigenvalue weighted by molar-refractivity contribution is 0.485. The molecule has 0 heterocycles. The Hall–Kier alpha value is -0.520. The normalized spacial score (nSPS) is 12.8. The van der Waals surface area contributed by atoms with Crippen molar-refractivity contribution in [1.29, 1.82) is 0 Å². The first kappa shape index (κ1) is 23.5. The van der Waals surface area contributed by atoms with E-state index in [2.05, 4.69) is 32.6 Å². The molecule has 0 aliphatic heterocycles. The van der Waals surface area contributed by atoms with Crippen LogP contribution in [-0.4, -0.2) is 0 Å². The predicted molar refractivity (Wildman–Crippen MR) is 113 cm³/mol. The molecule has 0 amide bonds. The van der Waals surface area contributed by atoms with Crippen molar-refractivity contribution in [2.24, 2.45) is 5.92 Å². The van der Waals surface area contributed by atoms with Crippen molar-refractivity contribution >= 4 is 0 Å². The van der Waals surface area contributed by atoms with Crippen LogP contribution in [0.3, 0.4) is 0 Å². The largest absolute Gasteiger partial charge is 0.103 e. The third-order valence-electron chi connectivity index (χ3n) is 5.03. The number of hydrogen-bond donors (Lipinski definition) is 0. The van der Waals surface area contributed by atoms with Crippen LogP contribution in [0.4, 0.5) is 0 Å². The maximum absolute atomic E-state index is 3.79. The molecular weight excluding hydrogens is 288 g/mol. The zero-order valence-corrected chi connectivity index (χ0v) is 17.0. The molecule has 0 fully saturated rings. The zero-order valence-electron chi connectivity index (χ0n) is 17.0. The molecule has 0 spiro atoms. The van der Waals surface area contributed by atoms with E-state index in [9.17, 15) is 0 Å². The number of allylic oxidation sites excluding steroid dienone is 3. The van der Waals surface area contributed by atoms with Gasteiger partial charge in [0, 0.05) is 0 Å². The molecule has 0 saturated carbocycles. The van der Waals surface area contributed by atoms with Crippen LogP contribution in [0.15, 0.2) is 24.8 Å². The van der Waals surface area contributed by atoms with Gasteiger partial charge in [-0.25, -0.2) is 0 Å². The highest BCUT2D eigenvalue weighted by atomic mass is 14.1. The lowest BCUT2D eigenvalue weighted by Crippen LogP contribution is -1.96. The summed E-state index contributed by atoms with van der Waals surface area (Å²) in [6, 6.07) is 0. The third kappa shape index (κ3) is 17.8. The summed E-state index contributed by atoms with van der Waals surface area (Å²) in [5.41, 5.74) is 0. The maximum Gasteiger partial charge on any atom is -0.0234 e. The van der Waals surface area contributed by atoms with Crippen molar-refractivity contribution in [3.63, 3.8) is 0 Å². The van der Waals surface area contributed by atoms with Crippen LogP contribution in [0.5, 0.6) is 0 Å². The minimum atomic E-state index is 0.847. The van der Waals surface area contributed by atoms with Gasteiger partial charge in [0.25, 0.3) is 0 Å². The molecule has 0 aliphatic carbocycles. The SMILES string of the molecule is C=CCCCCCCCCCCC(C=CCCCCCC)CCC. The summed E-state index contributed by atoms with van der Waals surface area (Å²) in [6.45, 7) is 8.40. The highest BCUT2D eigenvalue weighted by Crippen LogP contribution is 2.19. The van der Waals surface area contributed by atoms with E-state index in [1.165, 1.54) is 109 Å². The van der Waals surface area contributed by atoms with Crippen molar-refractivity contribution in [1.82, 2.24) is 0 Å². The number of rotatable bonds is 19. The van der Waals surface area contributed by atoms with Crippen LogP contribution in [0.2, 0.25) is 0 Å². The van der Waals surface area contributed by atoms with Gasteiger partial charge in [0.2, 0.25) is 0 Å². The second kappa shape index (κ2) is 20.5. The summed E-state index contributed by atoms with van der Waals surface area (Å²) in [7, 11) is 0. The fourth-order valence-electron chi connectivity index (χ4n) is 3.44. The second-order valence-corrected chi connectivity index (χ2v) is 7.52. The lowest BCUT2D eigenvalue weighted by atomic mass is 9.95. The topological polar surface area (TPSA) is 0 Å². The van der Waals surface area contributed by atoms with Crippen LogP contribution < -0.4 is 0 Å². The Morgan fingerprint density at radius 3 is 1.83 bits per heavy atom. The van der Waals surface area contributed by atoms with E-state index in [1.807, 2.05) is 6.08 Å². The average Bonchev–Trinajstić information content (AvgIpc) is 2.59. The van der Waals surface area contributed by atoms with Crippen molar-refractivity contribution in [2.75, 3.05) is 0 Å². The molecule has 0 saturated heterocycles. The van der Waals surface area contributed by atoms with Gasteiger partial charge in [-0.2, -0.15) is 0 Å². The van der Waals surface area contributed by atoms with Gasteiger partial charge in [0.15, 0.2) is 0 Å². The summed E-state index contributed by atoms with van der Waals surface area (Å²) >= 11 is 0. The Labute approximate surface area is 154 Å². The molecule has 0 N–H and O–H groups in total. The van der Waals surface area contributed by atoms with Gasteiger partial charge in [0.05, 0.1) is 0 Å². The Morgan fingerprint density at radius 1 is 0.625 bits per heavy atom. The van der Waals surface area contributed by atoms with E-state index in [0.29, 0.717) is 0 Å². The zero-order chi connectivity index (χ0) is 17.7. The van der Waals surface area contributed by atoms with Crippen LogP contribution >= 0.6 is 0 Å². The van der Waals surface area contributed by atoms with Gasteiger partial charge < -0.3 is 0 Å². The molecule has 0 aromatic heterocycles. The fraction of sp³-hybridized carbons (Fsp3) is 0.833. The molecule has 0 aromatic rings. The Morgan fingerprint density at radius 2 is 1.21 bits per heavy atom. The van der Waals surface area contributed by atoms with Crippen LogP contribution in [0.25, 0.3) is 0 Å². The molecule has 0 aromatic carbocycles. The van der Waals surface area contributed by atoms with Crippen molar-refractivity contribution in [2.45, 2.75) is 123 Å². The van der Waals surface area contributed by atoms with Gasteiger partial charge in [-0.05, 0) is 44.4 Å². The van der Waals surface area contributed by atoms with E-state index in [-0.39, 0.29) is 0 Å². The third-order valence-corrected chi connectivity index (χ3v) is 5.03. The van der Waals surface area contributed by atoms with Crippen LogP contribution in [0.1, 0.15) is 123 Å². The van der Waals surface area contributed by atoms with Gasteiger partial charge in [0.1, 0.15) is 0 Å². The standard InChI is InChI=1S/C24H46/c1-4-7-9-11-13-14-15-16-18-20-23-24(21-6-3)22-19-17-12-10-8-5-2/h4,19,22,24H,1,5-18,20-21,23H2,2-3H3. The Balaban J connectivity index is 3.52. The van der Waals surface area contributed by atoms with Gasteiger partial charge >= 0.3 is 0 Å². The van der Waals surface area contributed by atoms with E-state index in [0.717, 1.165) is 5.92 Å². The molecule has 0 rings (SSSR count). The highest BCUT2D eigenvalue weighted by Gasteiger charge is 2.03. The molecule has 0 aliphatic rings. The van der Waals surface area contributed by atoms with Gasteiger partial charge in [-0.15, -0.1) is 6.58 Å². The number of hydrogen-bond acceptors (Lipinski definition) is 0. The smallest absolute Gasteiger partial charge is 0.0234 e. The molecule has 24 heavy (non-hydrogen) atoms. The first-order chi connectivity index (χ1) is 11.8. The fourth-order valence-corrected chi connectivity index (χ4v) is 3.44. The summed E-state index contributed by atoms with van der Waals surface area (Å²) in [6.07, 6.45) is 30.6. The van der Waals surface area contributed by atoms with Crippen LogP contribution in [-0.2, 0) is 0 Å². The summed E-state index contributed by atoms with van der Waals surface area (Å²) in [5, 5.41) is 0. The monoisotopic (exact) mass is 334 g/mol. The Bertz CT molecular complexity index is 263. The molecule has 0 radical (unpaired) electrons. The maximum atomic E-state index is 3.79. The molecule has 0 heteroatoms. The molecule has 142 valence electrons. The first-order valence-electron chi connectivity index (χ1n) is 11.1. The average molecular weight is 335 g/mol. The molecular formula is C24H46. The first-order valence-corrected chi connectivity index (χ1v) is 11.1. The molecule has 1 unspecified atom stereocenters. The van der Waals surface area contributed by atoms with Crippen molar-refractivity contribution in [3.05, 3.63) is 24.8 Å². The summed E-state index contributed by atoms with van der Waals surface area (Å²) in [4.78, 5) is 0. The van der Waals surface area contributed by atoms with Crippen LogP contribution in [0, 0.1) is 5.92 Å². The van der Waals surface area contributed by atoms with E-state index in [1.54, 1.807) is 0 Å². The minimum Gasteiger partial charge on any atom is -0.103 e. The van der Waals surface area contributed by atoms with Gasteiger partial charge in [-0.1, -0.05) is 103 Å². The van der Waals surface area contributed by atoms with E-state index >= 15 is 0 Å². The second-order valence-electron chi connectivity index (χ2n) is 7.52. The molecule has 1 atom stereocenters. The van der Waals surface area contributed by atoms with E-state index < -0.39 is 0 Å². The predicted octanol–water partition coefficient (Wildman–Crippen LogP) is 9.02. The highest BCUT2D eigenvalue weighted by molar-refractivity contribution is 4.88. The van der Waals surface area contributed by atoms with Crippen molar-refractivity contribution in [3.8, 4) is 0 Å². The minimum absolute atomic E-state index is 0.847. The van der Waals surface area contributed by atoms with Crippen molar-refractivity contribution < 1.29 is 0 Å². The number of unbranched alkanes of at least 4 members (excludes halogenated alkanes) is 12. The quantitative estimate of drug-likeness (QED) is 0.163.